The van der Waals surface area contributed by atoms with Gasteiger partial charge >= 0.3 is 0 Å². The van der Waals surface area contributed by atoms with Gasteiger partial charge in [-0.2, -0.15) is 0 Å². The molecule has 0 N–H and O–H groups in total. The summed E-state index contributed by atoms with van der Waals surface area (Å²) in [7, 11) is 0. The number of amides is 1. The van der Waals surface area contributed by atoms with Crippen LogP contribution in [0.15, 0.2) is 30.3 Å². The second kappa shape index (κ2) is 6.89. The molecule has 1 aromatic carbocycles. The first-order chi connectivity index (χ1) is 9.65. The van der Waals surface area contributed by atoms with Crippen molar-refractivity contribution in [2.75, 3.05) is 19.6 Å². The highest BCUT2D eigenvalue weighted by molar-refractivity contribution is 5.83. The number of rotatable bonds is 5. The van der Waals surface area contributed by atoms with Crippen molar-refractivity contribution in [3.8, 4) is 0 Å². The molecule has 3 heteroatoms. The van der Waals surface area contributed by atoms with E-state index in [-0.39, 0.29) is 11.9 Å². The lowest BCUT2D eigenvalue weighted by atomic mass is 10.0. The van der Waals surface area contributed by atoms with Crippen LogP contribution in [0, 0.1) is 0 Å². The fraction of sp³-hybridized carbons (Fsp3) is 0.588. The minimum Gasteiger partial charge on any atom is -0.341 e. The smallest absolute Gasteiger partial charge is 0.244 e. The predicted molar refractivity (Wildman–Crippen MR) is 82.5 cm³/mol. The lowest BCUT2D eigenvalue weighted by Crippen LogP contribution is -2.44. The van der Waals surface area contributed by atoms with Gasteiger partial charge in [0.2, 0.25) is 5.91 Å². The third-order valence-electron chi connectivity index (χ3n) is 4.13. The first-order valence-corrected chi connectivity index (χ1v) is 7.74. The molecule has 0 bridgehead atoms. The monoisotopic (exact) mass is 274 g/mol. The average Bonchev–Trinajstić information content (AvgIpc) is 2.98. The lowest BCUT2D eigenvalue weighted by molar-refractivity contribution is -0.137. The highest BCUT2D eigenvalue weighted by Gasteiger charge is 2.32. The molecule has 1 aliphatic rings. The van der Waals surface area contributed by atoms with Crippen LogP contribution in [-0.4, -0.2) is 41.4 Å². The Kier molecular flexibility index (Phi) is 5.18. The van der Waals surface area contributed by atoms with E-state index >= 15 is 0 Å². The van der Waals surface area contributed by atoms with E-state index in [0.29, 0.717) is 6.04 Å². The molecule has 110 valence electrons. The average molecular weight is 274 g/mol. The molecule has 0 aliphatic carbocycles. The molecule has 1 saturated heterocycles. The maximum absolute atomic E-state index is 12.9. The Balaban J connectivity index is 2.30. The molecule has 0 saturated carbocycles. The number of hydrogen-bond donors (Lipinski definition) is 0. The molecule has 1 aliphatic heterocycles. The Bertz CT molecular complexity index is 424. The van der Waals surface area contributed by atoms with E-state index in [1.165, 1.54) is 0 Å². The number of benzene rings is 1. The van der Waals surface area contributed by atoms with Crippen LogP contribution >= 0.6 is 0 Å². The molecular formula is C17H26N2O. The summed E-state index contributed by atoms with van der Waals surface area (Å²) in [5, 5.41) is 0. The second-order valence-corrected chi connectivity index (χ2v) is 5.77. The van der Waals surface area contributed by atoms with E-state index in [1.807, 2.05) is 23.1 Å². The summed E-state index contributed by atoms with van der Waals surface area (Å²) in [6.07, 6.45) is 2.28. The van der Waals surface area contributed by atoms with Crippen molar-refractivity contribution in [2.24, 2.45) is 0 Å². The number of carbonyl (C=O) groups is 1. The molecule has 1 amide bonds. The molecule has 1 heterocycles. The Hall–Kier alpha value is -1.35. The van der Waals surface area contributed by atoms with Gasteiger partial charge in [0.1, 0.15) is 6.04 Å². The highest BCUT2D eigenvalue weighted by atomic mass is 16.2. The van der Waals surface area contributed by atoms with E-state index in [2.05, 4.69) is 37.8 Å². The third-order valence-corrected chi connectivity index (χ3v) is 4.13. The molecule has 1 aromatic rings. The molecule has 0 aromatic heterocycles. The van der Waals surface area contributed by atoms with Gasteiger partial charge in [0.05, 0.1) is 0 Å². The van der Waals surface area contributed by atoms with E-state index in [0.717, 1.165) is 38.0 Å². The minimum absolute atomic E-state index is 0.140. The van der Waals surface area contributed by atoms with E-state index in [4.69, 9.17) is 0 Å². The fourth-order valence-corrected chi connectivity index (χ4v) is 3.07. The van der Waals surface area contributed by atoms with Gasteiger partial charge < -0.3 is 4.90 Å². The number of hydrogen-bond acceptors (Lipinski definition) is 2. The topological polar surface area (TPSA) is 23.6 Å². The third kappa shape index (κ3) is 3.21. The molecule has 2 rings (SSSR count). The van der Waals surface area contributed by atoms with Crippen LogP contribution in [0.2, 0.25) is 0 Å². The number of nitrogens with zero attached hydrogens (tertiary/aromatic N) is 2. The van der Waals surface area contributed by atoms with Crippen LogP contribution in [-0.2, 0) is 4.79 Å². The quantitative estimate of drug-likeness (QED) is 0.824. The predicted octanol–water partition coefficient (Wildman–Crippen LogP) is 3.08. The van der Waals surface area contributed by atoms with Gasteiger partial charge in [0, 0.05) is 19.1 Å². The maximum Gasteiger partial charge on any atom is 0.244 e. The van der Waals surface area contributed by atoms with Crippen molar-refractivity contribution in [3.05, 3.63) is 35.9 Å². The van der Waals surface area contributed by atoms with Crippen molar-refractivity contribution in [1.29, 1.82) is 0 Å². The van der Waals surface area contributed by atoms with Gasteiger partial charge in [-0.1, -0.05) is 37.3 Å². The van der Waals surface area contributed by atoms with Crippen molar-refractivity contribution < 1.29 is 4.79 Å². The number of carbonyl (C=O) groups excluding carboxylic acids is 1. The Morgan fingerprint density at radius 1 is 1.20 bits per heavy atom. The Morgan fingerprint density at radius 2 is 1.80 bits per heavy atom. The van der Waals surface area contributed by atoms with Crippen LogP contribution in [0.5, 0.6) is 0 Å². The summed E-state index contributed by atoms with van der Waals surface area (Å²) in [5.41, 5.74) is 1.11. The highest BCUT2D eigenvalue weighted by Crippen LogP contribution is 2.26. The van der Waals surface area contributed by atoms with Crippen LogP contribution in [0.4, 0.5) is 0 Å². The number of likely N-dealkylation sites (tertiary alicyclic amines) is 1. The van der Waals surface area contributed by atoms with Crippen molar-refractivity contribution >= 4 is 5.91 Å². The van der Waals surface area contributed by atoms with Crippen molar-refractivity contribution in [1.82, 2.24) is 9.80 Å². The molecule has 0 spiro atoms. The molecule has 1 atom stereocenters. The first kappa shape index (κ1) is 15.0. The fourth-order valence-electron chi connectivity index (χ4n) is 3.07. The summed E-state index contributed by atoms with van der Waals surface area (Å²) in [4.78, 5) is 17.3. The molecule has 3 nitrogen and oxygen atoms in total. The summed E-state index contributed by atoms with van der Waals surface area (Å²) >= 11 is 0. The molecular weight excluding hydrogens is 248 g/mol. The zero-order valence-electron chi connectivity index (χ0n) is 12.9. The van der Waals surface area contributed by atoms with Crippen LogP contribution in [0.1, 0.15) is 45.2 Å². The normalized spacial score (nSPS) is 16.9. The van der Waals surface area contributed by atoms with Gasteiger partial charge in [0.25, 0.3) is 0 Å². The van der Waals surface area contributed by atoms with Gasteiger partial charge in [-0.3, -0.25) is 9.69 Å². The summed E-state index contributed by atoms with van der Waals surface area (Å²) in [6, 6.07) is 10.4. The maximum atomic E-state index is 12.9. The standard InChI is InChI=1S/C17H26N2O/c1-4-19(14(2)3)16(15-10-6-5-7-11-15)17(20)18-12-8-9-13-18/h5-7,10-11,14,16H,4,8-9,12-13H2,1-3H3/t16-/m1/s1. The molecule has 0 radical (unpaired) electrons. The first-order valence-electron chi connectivity index (χ1n) is 7.74. The van der Waals surface area contributed by atoms with Crippen molar-refractivity contribution in [2.45, 2.75) is 45.7 Å². The van der Waals surface area contributed by atoms with Gasteiger partial charge in [-0.25, -0.2) is 0 Å². The Morgan fingerprint density at radius 3 is 2.30 bits per heavy atom. The van der Waals surface area contributed by atoms with E-state index < -0.39 is 0 Å². The van der Waals surface area contributed by atoms with Gasteiger partial charge in [-0.05, 0) is 38.8 Å². The van der Waals surface area contributed by atoms with Gasteiger partial charge in [0.15, 0.2) is 0 Å². The van der Waals surface area contributed by atoms with Crippen LogP contribution in [0.3, 0.4) is 0 Å². The number of likely N-dealkylation sites (N-methyl/N-ethyl adjacent to an activating group) is 1. The summed E-state index contributed by atoms with van der Waals surface area (Å²) in [5.74, 6) is 0.268. The zero-order chi connectivity index (χ0) is 14.5. The SMILES string of the molecule is CCN(C(C)C)[C@@H](C(=O)N1CCCC1)c1ccccc1. The molecule has 20 heavy (non-hydrogen) atoms. The van der Waals surface area contributed by atoms with E-state index in [9.17, 15) is 4.79 Å². The molecule has 1 fully saturated rings. The van der Waals surface area contributed by atoms with Crippen LogP contribution < -0.4 is 0 Å². The minimum atomic E-state index is -0.140. The largest absolute Gasteiger partial charge is 0.341 e. The van der Waals surface area contributed by atoms with E-state index in [1.54, 1.807) is 0 Å². The Labute approximate surface area is 122 Å². The van der Waals surface area contributed by atoms with Crippen molar-refractivity contribution in [3.63, 3.8) is 0 Å². The van der Waals surface area contributed by atoms with Crippen LogP contribution in [0.25, 0.3) is 0 Å². The van der Waals surface area contributed by atoms with Gasteiger partial charge in [-0.15, -0.1) is 0 Å². The summed E-state index contributed by atoms with van der Waals surface area (Å²) < 4.78 is 0. The second-order valence-electron chi connectivity index (χ2n) is 5.77. The lowest BCUT2D eigenvalue weighted by Gasteiger charge is -2.35. The zero-order valence-corrected chi connectivity index (χ0v) is 12.9. The summed E-state index contributed by atoms with van der Waals surface area (Å²) in [6.45, 7) is 9.17. The molecule has 0 unspecified atom stereocenters.